The second-order valence-electron chi connectivity index (χ2n) is 10.1. The first-order valence-corrected chi connectivity index (χ1v) is 13.1. The number of nitrogens with two attached hydrogens (primary N) is 1. The number of hydrogen-bond acceptors (Lipinski definition) is 8. The summed E-state index contributed by atoms with van der Waals surface area (Å²) in [6, 6.07) is 0. The van der Waals surface area contributed by atoms with Crippen LogP contribution in [-0.4, -0.2) is 40.3 Å². The van der Waals surface area contributed by atoms with Crippen LogP contribution >= 0.6 is 0 Å². The number of aryl methyl sites for hydroxylation is 1. The molecule has 0 bridgehead atoms. The molecule has 0 radical (unpaired) electrons. The predicted molar refractivity (Wildman–Crippen MR) is 146 cm³/mol. The highest BCUT2D eigenvalue weighted by atomic mass is 32.2. The van der Waals surface area contributed by atoms with E-state index in [1.165, 1.54) is 19.9 Å². The summed E-state index contributed by atoms with van der Waals surface area (Å²) in [5.41, 5.74) is 7.10. The number of sulfone groups is 1. The Kier molecular flexibility index (Phi) is 10.3. The molecule has 35 heavy (non-hydrogen) atoms. The van der Waals surface area contributed by atoms with Gasteiger partial charge >= 0.3 is 0 Å². The molecule has 0 saturated carbocycles. The molecule has 194 valence electrons. The monoisotopic (exact) mass is 503 g/mol. The van der Waals surface area contributed by atoms with Gasteiger partial charge in [0, 0.05) is 11.8 Å². The first-order chi connectivity index (χ1) is 15.9. The lowest BCUT2D eigenvalue weighted by Gasteiger charge is -2.24. The number of aromatic nitrogens is 2. The van der Waals surface area contributed by atoms with Crippen LogP contribution in [0.2, 0.25) is 0 Å². The van der Waals surface area contributed by atoms with Crippen molar-refractivity contribution in [3.8, 4) is 0 Å². The molecule has 2 N–H and O–H groups in total. The van der Waals surface area contributed by atoms with Crippen LogP contribution < -0.4 is 5.73 Å². The fourth-order valence-corrected chi connectivity index (χ4v) is 4.09. The highest BCUT2D eigenvalue weighted by molar-refractivity contribution is 7.97. The van der Waals surface area contributed by atoms with Crippen LogP contribution in [0.1, 0.15) is 74.8 Å². The number of ether oxygens (including phenoxy) is 1. The first kappa shape index (κ1) is 30.4. The molecule has 0 saturated heterocycles. The number of aliphatic imine (C=N–C) groups is 2. The summed E-state index contributed by atoms with van der Waals surface area (Å²) in [5, 5.41) is 0. The molecule has 0 atom stereocenters. The topological polar surface area (TPSA) is 120 Å². The first-order valence-electron chi connectivity index (χ1n) is 11.6. The van der Waals surface area contributed by atoms with Crippen LogP contribution in [0.15, 0.2) is 51.2 Å². The van der Waals surface area contributed by atoms with Gasteiger partial charge in [-0.3, -0.25) is 0 Å². The average molecular weight is 504 g/mol. The van der Waals surface area contributed by atoms with E-state index >= 15 is 0 Å². The van der Waals surface area contributed by atoms with Gasteiger partial charge in [-0.05, 0) is 80.4 Å². The van der Waals surface area contributed by atoms with Crippen LogP contribution in [-0.2, 0) is 14.6 Å². The minimum Gasteiger partial charge on any atom is -0.487 e. The van der Waals surface area contributed by atoms with Crippen LogP contribution in [0.4, 0.5) is 11.8 Å². The molecule has 9 heteroatoms. The summed E-state index contributed by atoms with van der Waals surface area (Å²) in [7, 11) is -3.85. The summed E-state index contributed by atoms with van der Waals surface area (Å²) in [6.45, 7) is 20.0. The molecule has 1 rings (SSSR count). The number of hydrogen-bond donors (Lipinski definition) is 1. The van der Waals surface area contributed by atoms with Crippen LogP contribution in [0.3, 0.4) is 0 Å². The molecule has 0 fully saturated rings. The average Bonchev–Trinajstić information content (AvgIpc) is 2.68. The number of rotatable bonds is 9. The van der Waals surface area contributed by atoms with E-state index in [0.29, 0.717) is 22.9 Å². The van der Waals surface area contributed by atoms with Gasteiger partial charge in [-0.1, -0.05) is 26.0 Å². The van der Waals surface area contributed by atoms with Gasteiger partial charge in [-0.15, -0.1) is 0 Å². The minimum atomic E-state index is -3.85. The van der Waals surface area contributed by atoms with Crippen molar-refractivity contribution in [3.63, 3.8) is 0 Å². The lowest BCUT2D eigenvalue weighted by Crippen LogP contribution is -2.43. The lowest BCUT2D eigenvalue weighted by atomic mass is 10.1. The van der Waals surface area contributed by atoms with Crippen molar-refractivity contribution in [1.29, 1.82) is 0 Å². The number of nitrogens with zero attached hydrogens (tertiary/aromatic N) is 4. The second-order valence-corrected chi connectivity index (χ2v) is 12.6. The van der Waals surface area contributed by atoms with E-state index in [-0.39, 0.29) is 22.5 Å². The summed E-state index contributed by atoms with van der Waals surface area (Å²) in [5.74, 6) is 1.43. The molecular formula is C26H41N5O3S. The Balaban J connectivity index is 3.65. The van der Waals surface area contributed by atoms with Gasteiger partial charge < -0.3 is 10.5 Å². The fraction of sp³-hybridized carbons (Fsp3) is 0.538. The Morgan fingerprint density at radius 3 is 2.20 bits per heavy atom. The van der Waals surface area contributed by atoms with Gasteiger partial charge in [0.25, 0.3) is 5.95 Å². The molecule has 0 aromatic carbocycles. The van der Waals surface area contributed by atoms with E-state index in [1.807, 2.05) is 33.8 Å². The van der Waals surface area contributed by atoms with E-state index in [4.69, 9.17) is 10.5 Å². The standard InChI is InChI=1S/C26H41N5O3S/c1-12-14-20(22(13-2)35(32,33)26(10,11)27)30-23-18(5)16-28-24(31-23)29-19(6)21(15-17(3)4)34-25(7,8)9/h12-17H,27H2,1-11H3/b14-12-,21-15+,22-13+,29-19?,30-20?. The van der Waals surface area contributed by atoms with Gasteiger partial charge in [-0.25, -0.2) is 23.4 Å². The van der Waals surface area contributed by atoms with Gasteiger partial charge in [-0.2, -0.15) is 4.98 Å². The zero-order chi connectivity index (χ0) is 27.2. The number of allylic oxidation sites excluding steroid dienone is 6. The third-order valence-corrected chi connectivity index (χ3v) is 6.91. The summed E-state index contributed by atoms with van der Waals surface area (Å²) < 4.78 is 32.3. The molecule has 0 spiro atoms. The van der Waals surface area contributed by atoms with E-state index in [2.05, 4.69) is 33.8 Å². The predicted octanol–water partition coefficient (Wildman–Crippen LogP) is 5.89. The lowest BCUT2D eigenvalue weighted by molar-refractivity contribution is 0.0631. The molecule has 0 aliphatic carbocycles. The normalized spacial score (nSPS) is 15.3. The molecule has 0 aliphatic heterocycles. The van der Waals surface area contributed by atoms with E-state index in [0.717, 1.165) is 0 Å². The Hall–Kier alpha value is -2.65. The highest BCUT2D eigenvalue weighted by Crippen LogP contribution is 2.26. The van der Waals surface area contributed by atoms with Crippen molar-refractivity contribution in [1.82, 2.24) is 9.97 Å². The van der Waals surface area contributed by atoms with Crippen LogP contribution in [0.25, 0.3) is 0 Å². The molecule has 0 unspecified atom stereocenters. The van der Waals surface area contributed by atoms with Crippen LogP contribution in [0, 0.1) is 12.8 Å². The summed E-state index contributed by atoms with van der Waals surface area (Å²) in [6.07, 6.45) is 8.44. The molecule has 1 aromatic heterocycles. The largest absolute Gasteiger partial charge is 0.487 e. The maximum Gasteiger partial charge on any atom is 0.251 e. The van der Waals surface area contributed by atoms with Gasteiger partial charge in [0.1, 0.15) is 16.2 Å². The van der Waals surface area contributed by atoms with Crippen molar-refractivity contribution >= 4 is 33.0 Å². The van der Waals surface area contributed by atoms with Crippen molar-refractivity contribution in [2.45, 2.75) is 86.6 Å². The minimum absolute atomic E-state index is 0.0306. The smallest absolute Gasteiger partial charge is 0.251 e. The molecule has 1 aromatic rings. The Labute approximate surface area is 211 Å². The van der Waals surface area contributed by atoms with Gasteiger partial charge in [0.05, 0.1) is 16.3 Å². The molecule has 0 amide bonds. The third kappa shape index (κ3) is 8.81. The van der Waals surface area contributed by atoms with Crippen molar-refractivity contribution in [2.24, 2.45) is 21.6 Å². The SMILES string of the molecule is C/C=C\C(=Nc1nc(N=C(C)/C(=C\C(C)C)OC(C)(C)C)ncc1C)/C(=C\C)S(=O)(=O)C(C)(C)N. The summed E-state index contributed by atoms with van der Waals surface area (Å²) >= 11 is 0. The fourth-order valence-electron chi connectivity index (χ4n) is 2.83. The van der Waals surface area contributed by atoms with Crippen molar-refractivity contribution < 1.29 is 13.2 Å². The third-order valence-electron chi connectivity index (χ3n) is 4.51. The Morgan fingerprint density at radius 1 is 1.14 bits per heavy atom. The Morgan fingerprint density at radius 2 is 1.74 bits per heavy atom. The Bertz CT molecular complexity index is 1160. The van der Waals surface area contributed by atoms with E-state index in [9.17, 15) is 8.42 Å². The second kappa shape index (κ2) is 11.9. The maximum atomic E-state index is 13.1. The molecular weight excluding hydrogens is 462 g/mol. The zero-order valence-electron chi connectivity index (χ0n) is 23.0. The maximum absolute atomic E-state index is 13.1. The van der Waals surface area contributed by atoms with E-state index in [1.54, 1.807) is 39.1 Å². The van der Waals surface area contributed by atoms with E-state index < -0.39 is 20.3 Å². The zero-order valence-corrected chi connectivity index (χ0v) is 23.8. The van der Waals surface area contributed by atoms with Crippen molar-refractivity contribution in [2.75, 3.05) is 0 Å². The summed E-state index contributed by atoms with van der Waals surface area (Å²) in [4.78, 5) is 16.5. The highest BCUT2D eigenvalue weighted by Gasteiger charge is 2.35. The quantitative estimate of drug-likeness (QED) is 0.331. The van der Waals surface area contributed by atoms with Crippen molar-refractivity contribution in [3.05, 3.63) is 46.7 Å². The van der Waals surface area contributed by atoms with Gasteiger partial charge in [0.2, 0.25) is 0 Å². The van der Waals surface area contributed by atoms with Crippen LogP contribution in [0.5, 0.6) is 0 Å². The molecule has 0 aliphatic rings. The molecule has 8 nitrogen and oxygen atoms in total. The van der Waals surface area contributed by atoms with Gasteiger partial charge in [0.15, 0.2) is 15.7 Å². The molecule has 1 heterocycles.